The highest BCUT2D eigenvalue weighted by molar-refractivity contribution is 5.80. The van der Waals surface area contributed by atoms with E-state index in [9.17, 15) is 4.79 Å². The van der Waals surface area contributed by atoms with Crippen molar-refractivity contribution in [2.45, 2.75) is 38.8 Å². The van der Waals surface area contributed by atoms with Crippen LogP contribution in [0.5, 0.6) is 0 Å². The van der Waals surface area contributed by atoms with Gasteiger partial charge in [0.05, 0.1) is 6.04 Å². The van der Waals surface area contributed by atoms with Gasteiger partial charge in [0.2, 0.25) is 5.91 Å². The minimum atomic E-state index is 0.0239. The van der Waals surface area contributed by atoms with Crippen molar-refractivity contribution in [2.75, 3.05) is 34.2 Å². The molecule has 0 radical (unpaired) electrons. The largest absolute Gasteiger partial charge is 0.347 e. The van der Waals surface area contributed by atoms with Gasteiger partial charge >= 0.3 is 0 Å². The number of hydrogen-bond acceptors (Lipinski definition) is 3. The molecule has 1 saturated heterocycles. The highest BCUT2D eigenvalue weighted by Gasteiger charge is 2.28. The fraction of sp³-hybridized carbons (Fsp3) is 0.923. The predicted octanol–water partition coefficient (Wildman–Crippen LogP) is 0.783. The highest BCUT2D eigenvalue weighted by Crippen LogP contribution is 2.22. The molecule has 2 atom stereocenters. The number of hydrogen-bond donors (Lipinski definition) is 1. The summed E-state index contributed by atoms with van der Waals surface area (Å²) in [6.45, 7) is 6.34. The van der Waals surface area contributed by atoms with E-state index in [-0.39, 0.29) is 11.9 Å². The third-order valence-electron chi connectivity index (χ3n) is 4.08. The Morgan fingerprint density at radius 3 is 2.24 bits per heavy atom. The molecule has 1 heterocycles. The first kappa shape index (κ1) is 14.5. The highest BCUT2D eigenvalue weighted by atomic mass is 16.2. The molecule has 1 aliphatic heterocycles. The first-order valence-corrected chi connectivity index (χ1v) is 6.59. The predicted molar refractivity (Wildman–Crippen MR) is 71.0 cm³/mol. The minimum absolute atomic E-state index is 0.0239. The standard InChI is InChI=1S/C13H27N3O/c1-10(14-3)12-6-8-16(9-7-12)11(2)13(17)15(4)5/h10-12,14H,6-9H2,1-5H3. The van der Waals surface area contributed by atoms with Crippen molar-refractivity contribution in [3.05, 3.63) is 0 Å². The molecular weight excluding hydrogens is 214 g/mol. The zero-order valence-corrected chi connectivity index (χ0v) is 11.9. The summed E-state index contributed by atoms with van der Waals surface area (Å²) in [5.41, 5.74) is 0. The van der Waals surface area contributed by atoms with Crippen LogP contribution < -0.4 is 5.32 Å². The zero-order valence-electron chi connectivity index (χ0n) is 11.9. The molecule has 0 aliphatic carbocycles. The molecule has 17 heavy (non-hydrogen) atoms. The Morgan fingerprint density at radius 2 is 1.82 bits per heavy atom. The number of amides is 1. The quantitative estimate of drug-likeness (QED) is 0.790. The Labute approximate surface area is 105 Å². The summed E-state index contributed by atoms with van der Waals surface area (Å²) in [4.78, 5) is 15.9. The molecule has 0 aromatic rings. The second-order valence-corrected chi connectivity index (χ2v) is 5.36. The average molecular weight is 241 g/mol. The summed E-state index contributed by atoms with van der Waals surface area (Å²) >= 11 is 0. The molecule has 0 aromatic heterocycles. The van der Waals surface area contributed by atoms with Gasteiger partial charge in [-0.25, -0.2) is 0 Å². The van der Waals surface area contributed by atoms with Crippen LogP contribution in [0, 0.1) is 5.92 Å². The summed E-state index contributed by atoms with van der Waals surface area (Å²) < 4.78 is 0. The van der Waals surface area contributed by atoms with E-state index in [4.69, 9.17) is 0 Å². The summed E-state index contributed by atoms with van der Waals surface area (Å²) in [7, 11) is 5.68. The molecule has 1 rings (SSSR count). The molecule has 4 heteroatoms. The lowest BCUT2D eigenvalue weighted by molar-refractivity contribution is -0.134. The second kappa shape index (κ2) is 6.36. The van der Waals surface area contributed by atoms with Crippen LogP contribution in [-0.2, 0) is 4.79 Å². The van der Waals surface area contributed by atoms with Crippen LogP contribution >= 0.6 is 0 Å². The van der Waals surface area contributed by atoms with Gasteiger partial charge in [0.1, 0.15) is 0 Å². The molecule has 1 N–H and O–H groups in total. The number of likely N-dealkylation sites (N-methyl/N-ethyl adjacent to an activating group) is 1. The lowest BCUT2D eigenvalue weighted by atomic mass is 9.90. The Balaban J connectivity index is 2.44. The fourth-order valence-corrected chi connectivity index (χ4v) is 2.57. The van der Waals surface area contributed by atoms with Crippen molar-refractivity contribution >= 4 is 5.91 Å². The van der Waals surface area contributed by atoms with Crippen molar-refractivity contribution in [1.29, 1.82) is 0 Å². The summed E-state index contributed by atoms with van der Waals surface area (Å²) in [6, 6.07) is 0.604. The van der Waals surface area contributed by atoms with Crippen LogP contribution in [0.1, 0.15) is 26.7 Å². The molecule has 1 amide bonds. The average Bonchev–Trinajstić information content (AvgIpc) is 2.36. The van der Waals surface area contributed by atoms with Gasteiger partial charge < -0.3 is 10.2 Å². The molecule has 4 nitrogen and oxygen atoms in total. The van der Waals surface area contributed by atoms with E-state index in [1.54, 1.807) is 4.90 Å². The second-order valence-electron chi connectivity index (χ2n) is 5.36. The molecular formula is C13H27N3O. The van der Waals surface area contributed by atoms with Gasteiger partial charge in [0.25, 0.3) is 0 Å². The van der Waals surface area contributed by atoms with Crippen LogP contribution in [0.3, 0.4) is 0 Å². The maximum absolute atomic E-state index is 11.9. The van der Waals surface area contributed by atoms with Gasteiger partial charge in [0.15, 0.2) is 0 Å². The molecule has 0 spiro atoms. The molecule has 100 valence electrons. The Kier molecular flexibility index (Phi) is 5.40. The lowest BCUT2D eigenvalue weighted by Crippen LogP contribution is -2.49. The SMILES string of the molecule is CNC(C)C1CCN(C(C)C(=O)N(C)C)CC1. The number of carbonyl (C=O) groups is 1. The van der Waals surface area contributed by atoms with Gasteiger partial charge in [0, 0.05) is 20.1 Å². The van der Waals surface area contributed by atoms with Gasteiger partial charge in [-0.2, -0.15) is 0 Å². The van der Waals surface area contributed by atoms with E-state index >= 15 is 0 Å². The number of rotatable bonds is 4. The maximum Gasteiger partial charge on any atom is 0.239 e. The number of nitrogens with zero attached hydrogens (tertiary/aromatic N) is 2. The van der Waals surface area contributed by atoms with Crippen LogP contribution in [0.25, 0.3) is 0 Å². The number of nitrogens with one attached hydrogen (secondary N) is 1. The maximum atomic E-state index is 11.9. The Hall–Kier alpha value is -0.610. The van der Waals surface area contributed by atoms with Crippen LogP contribution in [0.15, 0.2) is 0 Å². The third-order valence-corrected chi connectivity index (χ3v) is 4.08. The van der Waals surface area contributed by atoms with E-state index in [0.29, 0.717) is 6.04 Å². The van der Waals surface area contributed by atoms with Gasteiger partial charge in [-0.15, -0.1) is 0 Å². The number of carbonyl (C=O) groups excluding carboxylic acids is 1. The molecule has 0 aromatic carbocycles. The topological polar surface area (TPSA) is 35.6 Å². The van der Waals surface area contributed by atoms with Gasteiger partial charge in [-0.1, -0.05) is 0 Å². The van der Waals surface area contributed by atoms with Crippen LogP contribution in [0.4, 0.5) is 0 Å². The Morgan fingerprint density at radius 1 is 1.29 bits per heavy atom. The molecule has 2 unspecified atom stereocenters. The summed E-state index contributed by atoms with van der Waals surface area (Å²) in [5, 5.41) is 3.33. The van der Waals surface area contributed by atoms with E-state index in [1.165, 1.54) is 12.8 Å². The van der Waals surface area contributed by atoms with Crippen LogP contribution in [-0.4, -0.2) is 62.0 Å². The fourth-order valence-electron chi connectivity index (χ4n) is 2.57. The monoisotopic (exact) mass is 241 g/mol. The molecule has 0 saturated carbocycles. The summed E-state index contributed by atoms with van der Waals surface area (Å²) in [6.07, 6.45) is 2.38. The molecule has 0 bridgehead atoms. The molecule has 1 aliphatic rings. The van der Waals surface area contributed by atoms with E-state index in [1.807, 2.05) is 28.1 Å². The van der Waals surface area contributed by atoms with Crippen molar-refractivity contribution in [1.82, 2.24) is 15.1 Å². The van der Waals surface area contributed by atoms with Gasteiger partial charge in [-0.3, -0.25) is 9.69 Å². The van der Waals surface area contributed by atoms with E-state index in [0.717, 1.165) is 19.0 Å². The van der Waals surface area contributed by atoms with Crippen molar-refractivity contribution in [3.8, 4) is 0 Å². The zero-order chi connectivity index (χ0) is 13.0. The van der Waals surface area contributed by atoms with Crippen molar-refractivity contribution in [3.63, 3.8) is 0 Å². The van der Waals surface area contributed by atoms with Crippen molar-refractivity contribution < 1.29 is 4.79 Å². The van der Waals surface area contributed by atoms with Gasteiger partial charge in [-0.05, 0) is 52.7 Å². The number of likely N-dealkylation sites (tertiary alicyclic amines) is 1. The van der Waals surface area contributed by atoms with E-state index in [2.05, 4.69) is 17.1 Å². The first-order valence-electron chi connectivity index (χ1n) is 6.59. The van der Waals surface area contributed by atoms with Crippen LogP contribution in [0.2, 0.25) is 0 Å². The normalized spacial score (nSPS) is 22.2. The lowest BCUT2D eigenvalue weighted by Gasteiger charge is -2.38. The Bertz CT molecular complexity index is 247. The molecule has 1 fully saturated rings. The smallest absolute Gasteiger partial charge is 0.239 e. The van der Waals surface area contributed by atoms with Crippen molar-refractivity contribution in [2.24, 2.45) is 5.92 Å². The number of piperidine rings is 1. The van der Waals surface area contributed by atoms with E-state index < -0.39 is 0 Å². The third kappa shape index (κ3) is 3.68. The minimum Gasteiger partial charge on any atom is -0.347 e. The summed E-state index contributed by atoms with van der Waals surface area (Å²) in [5.74, 6) is 0.961. The first-order chi connectivity index (χ1) is 7.97.